The zero-order valence-electron chi connectivity index (χ0n) is 18.9. The fourth-order valence-electron chi connectivity index (χ4n) is 5.11. The standard InChI is InChI=1S/C26H24F3N3O2/c1-15-13-31(14-30-15)22-7-3-16(10-24(22)34-2)9-17-4-5-19-6-8-23(32(19)26(17)33)25-20(28)11-18(27)12-21(25)29/h3,7,9-14,19,23H,4-6,8H2,1-2H3/b17-9+/t19-,23-/m0/s1. The van der Waals surface area contributed by atoms with Crippen molar-refractivity contribution in [2.24, 2.45) is 0 Å². The highest BCUT2D eigenvalue weighted by molar-refractivity contribution is 5.99. The molecule has 34 heavy (non-hydrogen) atoms. The van der Waals surface area contributed by atoms with E-state index in [1.807, 2.05) is 35.9 Å². The molecule has 5 rings (SSSR count). The smallest absolute Gasteiger partial charge is 0.250 e. The first kappa shape index (κ1) is 22.3. The van der Waals surface area contributed by atoms with Crippen LogP contribution in [0.15, 0.2) is 48.4 Å². The number of aromatic nitrogens is 2. The molecular weight excluding hydrogens is 443 g/mol. The normalized spacial score (nSPS) is 21.3. The molecule has 5 nitrogen and oxygen atoms in total. The molecule has 1 aromatic heterocycles. The van der Waals surface area contributed by atoms with Crippen molar-refractivity contribution in [1.29, 1.82) is 0 Å². The number of fused-ring (bicyclic) bond motifs is 1. The van der Waals surface area contributed by atoms with Crippen molar-refractivity contribution in [1.82, 2.24) is 14.5 Å². The maximum atomic E-state index is 14.5. The minimum atomic E-state index is -0.970. The monoisotopic (exact) mass is 467 g/mol. The fraction of sp³-hybridized carbons (Fsp3) is 0.308. The van der Waals surface area contributed by atoms with Gasteiger partial charge in [0.05, 0.1) is 30.9 Å². The third kappa shape index (κ3) is 3.87. The van der Waals surface area contributed by atoms with Gasteiger partial charge in [-0.05, 0) is 56.4 Å². The molecule has 2 saturated heterocycles. The summed E-state index contributed by atoms with van der Waals surface area (Å²) in [5, 5.41) is 0. The molecule has 2 atom stereocenters. The number of nitrogens with zero attached hydrogens (tertiary/aromatic N) is 3. The van der Waals surface area contributed by atoms with E-state index in [0.717, 1.165) is 16.9 Å². The summed E-state index contributed by atoms with van der Waals surface area (Å²) in [6.45, 7) is 1.90. The van der Waals surface area contributed by atoms with Gasteiger partial charge in [-0.2, -0.15) is 0 Å². The molecule has 8 heteroatoms. The number of ether oxygens (including phenoxy) is 1. The van der Waals surface area contributed by atoms with Crippen LogP contribution in [0.4, 0.5) is 13.2 Å². The van der Waals surface area contributed by atoms with Gasteiger partial charge in [0.25, 0.3) is 5.91 Å². The molecule has 2 aliphatic heterocycles. The molecule has 0 radical (unpaired) electrons. The van der Waals surface area contributed by atoms with E-state index in [1.165, 1.54) is 0 Å². The predicted molar refractivity (Wildman–Crippen MR) is 121 cm³/mol. The Kier molecular flexibility index (Phi) is 5.67. The maximum Gasteiger partial charge on any atom is 0.250 e. The van der Waals surface area contributed by atoms with E-state index in [4.69, 9.17) is 4.74 Å². The number of carbonyl (C=O) groups excluding carboxylic acids is 1. The summed E-state index contributed by atoms with van der Waals surface area (Å²) < 4.78 is 49.9. The second-order valence-electron chi connectivity index (χ2n) is 8.80. The number of carbonyl (C=O) groups is 1. The van der Waals surface area contributed by atoms with E-state index in [-0.39, 0.29) is 17.5 Å². The summed E-state index contributed by atoms with van der Waals surface area (Å²) in [5.74, 6) is -2.50. The van der Waals surface area contributed by atoms with E-state index >= 15 is 0 Å². The third-order valence-electron chi connectivity index (χ3n) is 6.67. The highest BCUT2D eigenvalue weighted by Crippen LogP contribution is 2.44. The highest BCUT2D eigenvalue weighted by Gasteiger charge is 2.43. The van der Waals surface area contributed by atoms with Gasteiger partial charge in [0.1, 0.15) is 23.2 Å². The zero-order chi connectivity index (χ0) is 24.0. The number of imidazole rings is 1. The molecular formula is C26H24F3N3O2. The number of aryl methyl sites for hydroxylation is 1. The average Bonchev–Trinajstić information content (AvgIpc) is 3.42. The quantitative estimate of drug-likeness (QED) is 0.475. The Labute approximate surface area is 195 Å². The van der Waals surface area contributed by atoms with Crippen LogP contribution < -0.4 is 4.74 Å². The second-order valence-corrected chi connectivity index (χ2v) is 8.80. The number of benzene rings is 2. The van der Waals surface area contributed by atoms with Gasteiger partial charge >= 0.3 is 0 Å². The molecule has 2 aliphatic rings. The van der Waals surface area contributed by atoms with Crippen LogP contribution in [-0.2, 0) is 4.79 Å². The van der Waals surface area contributed by atoms with Crippen LogP contribution in [0.3, 0.4) is 0 Å². The summed E-state index contributed by atoms with van der Waals surface area (Å²) in [7, 11) is 1.58. The van der Waals surface area contributed by atoms with Crippen LogP contribution in [0.2, 0.25) is 0 Å². The summed E-state index contributed by atoms with van der Waals surface area (Å²) in [5.41, 5.74) is 2.82. The first-order chi connectivity index (χ1) is 16.4. The van der Waals surface area contributed by atoms with E-state index < -0.39 is 23.5 Å². The molecule has 3 aromatic rings. The van der Waals surface area contributed by atoms with Gasteiger partial charge in [-0.1, -0.05) is 6.07 Å². The summed E-state index contributed by atoms with van der Waals surface area (Å²) in [4.78, 5) is 19.2. The number of halogens is 3. The molecule has 0 bridgehead atoms. The lowest BCUT2D eigenvalue weighted by Gasteiger charge is -2.35. The lowest BCUT2D eigenvalue weighted by Crippen LogP contribution is -2.42. The molecule has 0 aliphatic carbocycles. The van der Waals surface area contributed by atoms with Gasteiger partial charge in [-0.3, -0.25) is 4.79 Å². The number of rotatable bonds is 4. The Balaban J connectivity index is 1.46. The molecule has 3 heterocycles. The Morgan fingerprint density at radius 3 is 2.53 bits per heavy atom. The van der Waals surface area contributed by atoms with Crippen LogP contribution >= 0.6 is 0 Å². The largest absolute Gasteiger partial charge is 0.495 e. The minimum Gasteiger partial charge on any atom is -0.495 e. The van der Waals surface area contributed by atoms with Gasteiger partial charge in [0.2, 0.25) is 0 Å². The van der Waals surface area contributed by atoms with Gasteiger partial charge in [-0.25, -0.2) is 18.2 Å². The number of hydrogen-bond acceptors (Lipinski definition) is 3. The van der Waals surface area contributed by atoms with E-state index in [9.17, 15) is 18.0 Å². The van der Waals surface area contributed by atoms with Gasteiger partial charge in [0, 0.05) is 35.5 Å². The SMILES string of the molecule is COc1cc(/C=C2\CC[C@H]3CC[C@@H](c4c(F)cc(F)cc4F)N3C2=O)ccc1-n1cnc(C)c1. The molecule has 2 fully saturated rings. The first-order valence-electron chi connectivity index (χ1n) is 11.2. The van der Waals surface area contributed by atoms with Crippen molar-refractivity contribution in [3.05, 3.63) is 82.7 Å². The fourth-order valence-corrected chi connectivity index (χ4v) is 5.11. The summed E-state index contributed by atoms with van der Waals surface area (Å²) in [6.07, 6.45) is 7.78. The summed E-state index contributed by atoms with van der Waals surface area (Å²) >= 11 is 0. The topological polar surface area (TPSA) is 47.4 Å². The minimum absolute atomic E-state index is 0.0834. The van der Waals surface area contributed by atoms with Crippen LogP contribution in [-0.4, -0.2) is 33.5 Å². The first-order valence-corrected chi connectivity index (χ1v) is 11.2. The van der Waals surface area contributed by atoms with Crippen molar-refractivity contribution in [2.45, 2.75) is 44.7 Å². The van der Waals surface area contributed by atoms with Crippen molar-refractivity contribution in [2.75, 3.05) is 7.11 Å². The van der Waals surface area contributed by atoms with Crippen molar-refractivity contribution in [3.63, 3.8) is 0 Å². The van der Waals surface area contributed by atoms with E-state index in [2.05, 4.69) is 4.98 Å². The second kappa shape index (κ2) is 8.66. The molecule has 0 spiro atoms. The van der Waals surface area contributed by atoms with Crippen molar-refractivity contribution in [3.8, 4) is 11.4 Å². The molecule has 1 amide bonds. The molecule has 0 unspecified atom stereocenters. The number of amides is 1. The van der Waals surface area contributed by atoms with Gasteiger partial charge < -0.3 is 14.2 Å². The van der Waals surface area contributed by atoms with Crippen LogP contribution in [0.1, 0.15) is 48.5 Å². The highest BCUT2D eigenvalue weighted by atomic mass is 19.1. The molecule has 0 N–H and O–H groups in total. The number of methoxy groups -OCH3 is 1. The molecule has 176 valence electrons. The maximum absolute atomic E-state index is 14.5. The van der Waals surface area contributed by atoms with Gasteiger partial charge in [-0.15, -0.1) is 0 Å². The number of piperidine rings is 1. The predicted octanol–water partition coefficient (Wildman–Crippen LogP) is 5.52. The summed E-state index contributed by atoms with van der Waals surface area (Å²) in [6, 6.07) is 6.14. The van der Waals surface area contributed by atoms with E-state index in [0.29, 0.717) is 49.1 Å². The van der Waals surface area contributed by atoms with E-state index in [1.54, 1.807) is 24.4 Å². The Bertz CT molecular complexity index is 1280. The van der Waals surface area contributed by atoms with Crippen LogP contribution in [0.5, 0.6) is 5.75 Å². The molecule has 2 aromatic carbocycles. The number of hydrogen-bond donors (Lipinski definition) is 0. The molecule has 0 saturated carbocycles. The Morgan fingerprint density at radius 2 is 1.85 bits per heavy atom. The Morgan fingerprint density at radius 1 is 1.09 bits per heavy atom. The zero-order valence-corrected chi connectivity index (χ0v) is 18.9. The average molecular weight is 467 g/mol. The third-order valence-corrected chi connectivity index (χ3v) is 6.67. The van der Waals surface area contributed by atoms with Crippen LogP contribution in [0, 0.1) is 24.4 Å². The lowest BCUT2D eigenvalue weighted by atomic mass is 9.95. The van der Waals surface area contributed by atoms with Crippen LogP contribution in [0.25, 0.3) is 11.8 Å². The van der Waals surface area contributed by atoms with Crippen molar-refractivity contribution >= 4 is 12.0 Å². The Hall–Kier alpha value is -3.55. The van der Waals surface area contributed by atoms with Crippen molar-refractivity contribution < 1.29 is 22.7 Å². The lowest BCUT2D eigenvalue weighted by molar-refractivity contribution is -0.132. The van der Waals surface area contributed by atoms with Gasteiger partial charge in [0.15, 0.2) is 0 Å².